The van der Waals surface area contributed by atoms with Crippen LogP contribution in [0.5, 0.6) is 5.75 Å². The van der Waals surface area contributed by atoms with Gasteiger partial charge in [0, 0.05) is 10.0 Å². The van der Waals surface area contributed by atoms with Gasteiger partial charge in [-0.15, -0.1) is 0 Å². The number of halogens is 2. The minimum atomic E-state index is -0.800. The third-order valence-corrected chi connectivity index (χ3v) is 3.47. The number of carbonyl (C=O) groups is 2. The molecule has 3 N–H and O–H groups in total. The zero-order valence-electron chi connectivity index (χ0n) is 11.6. The number of hydrogen-bond donors (Lipinski definition) is 2. The van der Waals surface area contributed by atoms with Crippen molar-refractivity contribution in [3.8, 4) is 5.75 Å². The molecule has 0 radical (unpaired) electrons. The van der Waals surface area contributed by atoms with E-state index in [4.69, 9.17) is 22.1 Å². The molecule has 0 atom stereocenters. The van der Waals surface area contributed by atoms with Crippen LogP contribution in [0.3, 0.4) is 0 Å². The van der Waals surface area contributed by atoms with Crippen molar-refractivity contribution >= 4 is 45.7 Å². The lowest BCUT2D eigenvalue weighted by atomic mass is 10.2. The van der Waals surface area contributed by atoms with Gasteiger partial charge in [-0.25, -0.2) is 15.0 Å². The lowest BCUT2D eigenvalue weighted by Crippen LogP contribution is -2.24. The molecule has 2 amide bonds. The number of ether oxygens (including phenoxy) is 1. The first-order chi connectivity index (χ1) is 11.0. The highest BCUT2D eigenvalue weighted by molar-refractivity contribution is 9.10. The minimum absolute atomic E-state index is 0.246. The van der Waals surface area contributed by atoms with Gasteiger partial charge in [-0.1, -0.05) is 39.7 Å². The van der Waals surface area contributed by atoms with E-state index in [9.17, 15) is 9.59 Å². The molecule has 2 aromatic carbocycles. The van der Waals surface area contributed by atoms with Crippen LogP contribution in [0, 0.1) is 0 Å². The van der Waals surface area contributed by atoms with Crippen LogP contribution in [-0.4, -0.2) is 18.2 Å². The van der Waals surface area contributed by atoms with E-state index < -0.39 is 12.0 Å². The number of nitrogens with one attached hydrogen (secondary N) is 1. The van der Waals surface area contributed by atoms with Crippen molar-refractivity contribution in [3.63, 3.8) is 0 Å². The molecule has 118 valence electrons. The summed E-state index contributed by atoms with van der Waals surface area (Å²) in [5.41, 5.74) is 7.70. The predicted octanol–water partition coefficient (Wildman–Crippen LogP) is 3.32. The Morgan fingerprint density at radius 1 is 1.26 bits per heavy atom. The fourth-order valence-electron chi connectivity index (χ4n) is 1.66. The van der Waals surface area contributed by atoms with E-state index in [0.717, 1.165) is 4.47 Å². The number of nitrogens with two attached hydrogens (primary N) is 1. The quantitative estimate of drug-likeness (QED) is 0.359. The van der Waals surface area contributed by atoms with E-state index in [1.54, 1.807) is 42.5 Å². The highest BCUT2D eigenvalue weighted by Gasteiger charge is 2.14. The molecule has 0 saturated carbocycles. The van der Waals surface area contributed by atoms with Gasteiger partial charge >= 0.3 is 12.0 Å². The molecule has 0 heterocycles. The number of hydrogen-bond acceptors (Lipinski definition) is 4. The molecule has 0 saturated heterocycles. The lowest BCUT2D eigenvalue weighted by molar-refractivity contribution is 0.0734. The van der Waals surface area contributed by atoms with Crippen LogP contribution < -0.4 is 15.9 Å². The average molecular weight is 397 g/mol. The van der Waals surface area contributed by atoms with Gasteiger partial charge in [0.05, 0.1) is 16.8 Å². The molecule has 6 nitrogen and oxygen atoms in total. The fraction of sp³-hybridized carbons (Fsp3) is 0. The number of carbonyl (C=O) groups excluding carboxylic acids is 2. The topological polar surface area (TPSA) is 93.8 Å². The standard InChI is InChI=1S/C15H11BrClN3O3/c16-10-5-6-13(9(7-10)8-19-20-15(18)22)23-14(21)11-3-1-2-4-12(11)17/h1-8H,(H3,18,20,22)/b19-8-. The molecule has 0 fully saturated rings. The first-order valence-electron chi connectivity index (χ1n) is 6.32. The van der Waals surface area contributed by atoms with E-state index in [0.29, 0.717) is 10.6 Å². The second-order valence-electron chi connectivity index (χ2n) is 4.29. The Kier molecular flexibility index (Phi) is 5.72. The Balaban J connectivity index is 2.25. The Hall–Kier alpha value is -2.38. The molecule has 0 unspecified atom stereocenters. The Bertz CT molecular complexity index is 780. The maximum absolute atomic E-state index is 12.2. The summed E-state index contributed by atoms with van der Waals surface area (Å²) in [6, 6.07) is 10.7. The summed E-state index contributed by atoms with van der Waals surface area (Å²) in [4.78, 5) is 22.8. The van der Waals surface area contributed by atoms with Crippen molar-refractivity contribution in [2.45, 2.75) is 0 Å². The Morgan fingerprint density at radius 2 is 2.00 bits per heavy atom. The maximum Gasteiger partial charge on any atom is 0.345 e. The largest absolute Gasteiger partial charge is 0.422 e. The fourth-order valence-corrected chi connectivity index (χ4v) is 2.25. The second-order valence-corrected chi connectivity index (χ2v) is 5.61. The molecule has 0 aliphatic heterocycles. The molecule has 0 aromatic heterocycles. The first kappa shape index (κ1) is 17.0. The number of urea groups is 1. The maximum atomic E-state index is 12.2. The third kappa shape index (κ3) is 4.80. The molecule has 8 heteroatoms. The van der Waals surface area contributed by atoms with Crippen LogP contribution in [0.1, 0.15) is 15.9 Å². The van der Waals surface area contributed by atoms with Crippen molar-refractivity contribution in [2.75, 3.05) is 0 Å². The zero-order chi connectivity index (χ0) is 16.8. The SMILES string of the molecule is NC(=O)N/N=C\c1cc(Br)ccc1OC(=O)c1ccccc1Cl. The number of nitrogens with zero attached hydrogens (tertiary/aromatic N) is 1. The van der Waals surface area contributed by atoms with Crippen LogP contribution in [0.4, 0.5) is 4.79 Å². The van der Waals surface area contributed by atoms with Gasteiger partial charge in [0.15, 0.2) is 0 Å². The van der Waals surface area contributed by atoms with Crippen LogP contribution in [0.2, 0.25) is 5.02 Å². The lowest BCUT2D eigenvalue weighted by Gasteiger charge is -2.08. The summed E-state index contributed by atoms with van der Waals surface area (Å²) in [5.74, 6) is -0.344. The van der Waals surface area contributed by atoms with E-state index in [2.05, 4.69) is 26.5 Å². The Labute approximate surface area is 145 Å². The summed E-state index contributed by atoms with van der Waals surface area (Å²) in [6.45, 7) is 0. The molecule has 0 bridgehead atoms. The Morgan fingerprint density at radius 3 is 2.70 bits per heavy atom. The smallest absolute Gasteiger partial charge is 0.345 e. The average Bonchev–Trinajstić information content (AvgIpc) is 2.50. The number of primary amides is 1. The van der Waals surface area contributed by atoms with Crippen molar-refractivity contribution in [1.29, 1.82) is 0 Å². The number of esters is 1. The van der Waals surface area contributed by atoms with E-state index in [1.165, 1.54) is 6.21 Å². The summed E-state index contributed by atoms with van der Waals surface area (Å²) in [6.07, 6.45) is 1.31. The van der Waals surface area contributed by atoms with E-state index in [1.807, 2.05) is 0 Å². The highest BCUT2D eigenvalue weighted by Crippen LogP contribution is 2.24. The molecule has 23 heavy (non-hydrogen) atoms. The van der Waals surface area contributed by atoms with Gasteiger partial charge in [-0.2, -0.15) is 5.10 Å². The van der Waals surface area contributed by atoms with Crippen molar-refractivity contribution in [1.82, 2.24) is 5.43 Å². The number of benzene rings is 2. The summed E-state index contributed by atoms with van der Waals surface area (Å²) < 4.78 is 6.09. The third-order valence-electron chi connectivity index (χ3n) is 2.65. The highest BCUT2D eigenvalue weighted by atomic mass is 79.9. The van der Waals surface area contributed by atoms with Crippen molar-refractivity contribution in [2.24, 2.45) is 10.8 Å². The molecule has 0 aliphatic rings. The summed E-state index contributed by atoms with van der Waals surface area (Å²) >= 11 is 9.28. The van der Waals surface area contributed by atoms with E-state index >= 15 is 0 Å². The predicted molar refractivity (Wildman–Crippen MR) is 90.9 cm³/mol. The van der Waals surface area contributed by atoms with Gasteiger partial charge < -0.3 is 10.5 Å². The monoisotopic (exact) mass is 395 g/mol. The molecular formula is C15H11BrClN3O3. The molecule has 0 spiro atoms. The molecular weight excluding hydrogens is 386 g/mol. The number of hydrazone groups is 1. The number of amides is 2. The van der Waals surface area contributed by atoms with Gasteiger partial charge in [0.1, 0.15) is 5.75 Å². The molecule has 0 aliphatic carbocycles. The van der Waals surface area contributed by atoms with Crippen LogP contribution in [0.15, 0.2) is 52.0 Å². The summed E-state index contributed by atoms with van der Waals surface area (Å²) in [7, 11) is 0. The van der Waals surface area contributed by atoms with Crippen molar-refractivity contribution < 1.29 is 14.3 Å². The zero-order valence-corrected chi connectivity index (χ0v) is 14.0. The van der Waals surface area contributed by atoms with Gasteiger partial charge in [-0.3, -0.25) is 0 Å². The van der Waals surface area contributed by atoms with Gasteiger partial charge in [0.25, 0.3) is 0 Å². The molecule has 2 aromatic rings. The summed E-state index contributed by atoms with van der Waals surface area (Å²) in [5, 5.41) is 3.94. The first-order valence-corrected chi connectivity index (χ1v) is 7.49. The molecule has 2 rings (SSSR count). The normalized spacial score (nSPS) is 10.5. The van der Waals surface area contributed by atoms with Crippen LogP contribution in [-0.2, 0) is 0 Å². The minimum Gasteiger partial charge on any atom is -0.422 e. The van der Waals surface area contributed by atoms with Gasteiger partial charge in [0.2, 0.25) is 0 Å². The number of rotatable bonds is 4. The van der Waals surface area contributed by atoms with Crippen molar-refractivity contribution in [3.05, 3.63) is 63.1 Å². The van der Waals surface area contributed by atoms with Crippen LogP contribution >= 0.6 is 27.5 Å². The van der Waals surface area contributed by atoms with Gasteiger partial charge in [-0.05, 0) is 30.3 Å². The van der Waals surface area contributed by atoms with Crippen LogP contribution in [0.25, 0.3) is 0 Å². The second kappa shape index (κ2) is 7.75. The van der Waals surface area contributed by atoms with E-state index in [-0.39, 0.29) is 11.3 Å².